The molecular formula is C10H8N2OS. The van der Waals surface area contributed by atoms with Gasteiger partial charge in [0, 0.05) is 27.2 Å². The Bertz CT molecular complexity index is 580. The molecule has 3 rings (SSSR count). The summed E-state index contributed by atoms with van der Waals surface area (Å²) in [5.41, 5.74) is 7.06. The van der Waals surface area contributed by atoms with Gasteiger partial charge in [0.25, 0.3) is 0 Å². The Balaban J connectivity index is 2.38. The van der Waals surface area contributed by atoms with Crippen molar-refractivity contribution in [3.05, 3.63) is 34.0 Å². The molecule has 0 saturated heterocycles. The number of rotatable bonds is 1. The molecule has 70 valence electrons. The van der Waals surface area contributed by atoms with Crippen LogP contribution in [0.2, 0.25) is 0 Å². The number of primary amides is 1. The maximum absolute atomic E-state index is 11.1. The number of thioether (sulfide) groups is 1. The summed E-state index contributed by atoms with van der Waals surface area (Å²) < 4.78 is 0. The normalized spacial score (nSPS) is 18.1. The van der Waals surface area contributed by atoms with Gasteiger partial charge in [-0.15, -0.1) is 11.8 Å². The maximum atomic E-state index is 11.1. The van der Waals surface area contributed by atoms with Gasteiger partial charge < -0.3 is 10.7 Å². The fourth-order valence-corrected chi connectivity index (χ4v) is 3.00. The molecule has 1 amide bonds. The predicted octanol–water partition coefficient (Wildman–Crippen LogP) is -0.554. The molecule has 0 saturated carbocycles. The van der Waals surface area contributed by atoms with Crippen molar-refractivity contribution in [2.75, 3.05) is 5.75 Å². The van der Waals surface area contributed by atoms with Crippen molar-refractivity contribution in [3.8, 4) is 0 Å². The van der Waals surface area contributed by atoms with Crippen LogP contribution >= 0.6 is 11.8 Å². The third kappa shape index (κ3) is 0.915. The minimum Gasteiger partial charge on any atom is -0.366 e. The molecule has 14 heavy (non-hydrogen) atoms. The van der Waals surface area contributed by atoms with Crippen LogP contribution < -0.4 is 16.4 Å². The zero-order chi connectivity index (χ0) is 9.71. The lowest BCUT2D eigenvalue weighted by atomic mass is 10.1. The molecule has 3 N–H and O–H groups in total. The highest BCUT2D eigenvalue weighted by molar-refractivity contribution is 8.08. The molecule has 2 aliphatic heterocycles. The van der Waals surface area contributed by atoms with Crippen LogP contribution in [-0.2, 0) is 4.79 Å². The number of H-pyrrole nitrogens is 1. The van der Waals surface area contributed by atoms with Gasteiger partial charge in [0.2, 0.25) is 5.91 Å². The molecule has 0 aliphatic carbocycles. The molecule has 2 bridgehead atoms. The van der Waals surface area contributed by atoms with Gasteiger partial charge in [0.1, 0.15) is 0 Å². The summed E-state index contributed by atoms with van der Waals surface area (Å²) in [6.07, 6.45) is 1.99. The van der Waals surface area contributed by atoms with E-state index in [0.717, 1.165) is 26.7 Å². The van der Waals surface area contributed by atoms with E-state index in [1.807, 2.05) is 18.2 Å². The number of hydrogen-bond acceptors (Lipinski definition) is 2. The third-order valence-corrected chi connectivity index (χ3v) is 3.64. The first-order chi connectivity index (χ1) is 6.75. The second-order valence-electron chi connectivity index (χ2n) is 3.35. The molecule has 3 nitrogen and oxygen atoms in total. The molecule has 3 heterocycles. The lowest BCUT2D eigenvalue weighted by Gasteiger charge is -2.01. The molecule has 0 atom stereocenters. The Morgan fingerprint density at radius 3 is 3.14 bits per heavy atom. The zero-order valence-electron chi connectivity index (χ0n) is 7.33. The minimum atomic E-state index is -0.304. The lowest BCUT2D eigenvalue weighted by Crippen LogP contribution is -2.19. The molecule has 0 radical (unpaired) electrons. The van der Waals surface area contributed by atoms with Crippen LogP contribution in [0.3, 0.4) is 0 Å². The number of nitrogens with two attached hydrogens (primary N) is 1. The van der Waals surface area contributed by atoms with Crippen molar-refractivity contribution in [3.63, 3.8) is 0 Å². The summed E-state index contributed by atoms with van der Waals surface area (Å²) in [6, 6.07) is 4.04. The molecule has 0 unspecified atom stereocenters. The van der Waals surface area contributed by atoms with E-state index in [1.165, 1.54) is 0 Å². The van der Waals surface area contributed by atoms with Gasteiger partial charge >= 0.3 is 0 Å². The highest BCUT2D eigenvalue weighted by Gasteiger charge is 2.24. The van der Waals surface area contributed by atoms with Gasteiger partial charge in [-0.05, 0) is 18.2 Å². The number of carbonyl (C=O) groups excluding carboxylic acids is 1. The number of aromatic nitrogens is 1. The Kier molecular flexibility index (Phi) is 1.44. The van der Waals surface area contributed by atoms with Gasteiger partial charge in [-0.25, -0.2) is 0 Å². The number of aromatic amines is 1. The van der Waals surface area contributed by atoms with Crippen LogP contribution in [0.4, 0.5) is 0 Å². The van der Waals surface area contributed by atoms with Crippen LogP contribution in [0.25, 0.3) is 11.0 Å². The molecular weight excluding hydrogens is 196 g/mol. The number of nitrogens with one attached hydrogen (secondary N) is 1. The Labute approximate surface area is 84.4 Å². The standard InChI is InChI=1S/C10H8N2OS/c11-10(13)7-4-14-9-6(7)3-5-1-2-8(9)12-5/h1-3,12H,4H2,(H2,11,13). The Hall–Kier alpha value is -1.42. The summed E-state index contributed by atoms with van der Waals surface area (Å²) in [5.74, 6) is 0.393. The summed E-state index contributed by atoms with van der Waals surface area (Å²) >= 11 is 1.67. The zero-order valence-corrected chi connectivity index (χ0v) is 8.15. The van der Waals surface area contributed by atoms with E-state index in [-0.39, 0.29) is 5.91 Å². The van der Waals surface area contributed by atoms with E-state index in [2.05, 4.69) is 4.98 Å². The molecule has 0 spiro atoms. The quantitative estimate of drug-likeness (QED) is 0.644. The predicted molar refractivity (Wildman–Crippen MR) is 56.6 cm³/mol. The van der Waals surface area contributed by atoms with Gasteiger partial charge in [-0.2, -0.15) is 0 Å². The van der Waals surface area contributed by atoms with Crippen molar-refractivity contribution in [2.24, 2.45) is 5.73 Å². The van der Waals surface area contributed by atoms with Gasteiger partial charge in [-0.1, -0.05) is 0 Å². The minimum absolute atomic E-state index is 0.304. The van der Waals surface area contributed by atoms with E-state index in [0.29, 0.717) is 5.75 Å². The molecule has 0 fully saturated rings. The van der Waals surface area contributed by atoms with Crippen molar-refractivity contribution in [1.82, 2.24) is 4.98 Å². The van der Waals surface area contributed by atoms with E-state index in [4.69, 9.17) is 5.73 Å². The number of amides is 1. The fourth-order valence-electron chi connectivity index (χ4n) is 1.80. The average Bonchev–Trinajstić information content (AvgIpc) is 2.71. The second kappa shape index (κ2) is 2.54. The monoisotopic (exact) mass is 204 g/mol. The Morgan fingerprint density at radius 2 is 2.36 bits per heavy atom. The van der Waals surface area contributed by atoms with Crippen LogP contribution in [0.5, 0.6) is 0 Å². The van der Waals surface area contributed by atoms with Crippen LogP contribution in [0.15, 0.2) is 23.3 Å². The lowest BCUT2D eigenvalue weighted by molar-refractivity contribution is -0.114. The number of fused-ring (bicyclic) bond motifs is 3. The summed E-state index contributed by atoms with van der Waals surface area (Å²) in [7, 11) is 0. The largest absolute Gasteiger partial charge is 0.366 e. The van der Waals surface area contributed by atoms with Crippen molar-refractivity contribution >= 4 is 28.7 Å². The molecule has 1 aromatic heterocycles. The summed E-state index contributed by atoms with van der Waals surface area (Å²) in [6.45, 7) is 0. The van der Waals surface area contributed by atoms with E-state index in [1.54, 1.807) is 11.8 Å². The van der Waals surface area contributed by atoms with Crippen molar-refractivity contribution < 1.29 is 4.79 Å². The maximum Gasteiger partial charge on any atom is 0.246 e. The van der Waals surface area contributed by atoms with E-state index >= 15 is 0 Å². The molecule has 2 aliphatic rings. The van der Waals surface area contributed by atoms with Crippen molar-refractivity contribution in [1.29, 1.82) is 0 Å². The highest BCUT2D eigenvalue weighted by Crippen LogP contribution is 2.37. The van der Waals surface area contributed by atoms with E-state index in [9.17, 15) is 4.79 Å². The van der Waals surface area contributed by atoms with Crippen LogP contribution in [0.1, 0.15) is 0 Å². The highest BCUT2D eigenvalue weighted by atomic mass is 32.2. The smallest absolute Gasteiger partial charge is 0.246 e. The fraction of sp³-hybridized carbons (Fsp3) is 0.100. The van der Waals surface area contributed by atoms with Crippen LogP contribution in [-0.4, -0.2) is 16.6 Å². The average molecular weight is 204 g/mol. The SMILES string of the molecule is NC(=O)C1=C2C=c3ccc([nH]3)=C2SC1. The van der Waals surface area contributed by atoms with E-state index < -0.39 is 0 Å². The topological polar surface area (TPSA) is 58.9 Å². The number of carbonyl (C=O) groups is 1. The molecule has 0 aromatic carbocycles. The van der Waals surface area contributed by atoms with Crippen LogP contribution in [0, 0.1) is 0 Å². The number of hydrogen-bond donors (Lipinski definition) is 2. The van der Waals surface area contributed by atoms with Gasteiger partial charge in [0.05, 0.1) is 5.35 Å². The first-order valence-corrected chi connectivity index (χ1v) is 5.31. The van der Waals surface area contributed by atoms with Crippen molar-refractivity contribution in [2.45, 2.75) is 0 Å². The summed E-state index contributed by atoms with van der Waals surface area (Å²) in [5, 5.41) is 2.14. The Morgan fingerprint density at radius 1 is 1.50 bits per heavy atom. The van der Waals surface area contributed by atoms with Gasteiger partial charge in [-0.3, -0.25) is 4.79 Å². The molecule has 4 heteroatoms. The molecule has 1 aromatic rings. The first-order valence-electron chi connectivity index (χ1n) is 4.33. The van der Waals surface area contributed by atoms with Gasteiger partial charge in [0.15, 0.2) is 0 Å². The summed E-state index contributed by atoms with van der Waals surface area (Å²) in [4.78, 5) is 15.5. The third-order valence-electron chi connectivity index (χ3n) is 2.48. The second-order valence-corrected chi connectivity index (χ2v) is 4.33. The first kappa shape index (κ1) is 7.94.